The van der Waals surface area contributed by atoms with Crippen LogP contribution < -0.4 is 10.2 Å². The molecule has 0 unspecified atom stereocenters. The molecule has 0 aliphatic carbocycles. The van der Waals surface area contributed by atoms with Crippen LogP contribution in [-0.4, -0.2) is 68.3 Å². The summed E-state index contributed by atoms with van der Waals surface area (Å²) in [6.45, 7) is 3.55. The molecule has 1 aromatic rings. The number of alkyl halides is 3. The van der Waals surface area contributed by atoms with Crippen molar-refractivity contribution in [1.29, 1.82) is 0 Å². The van der Waals surface area contributed by atoms with Gasteiger partial charge in [-0.15, -0.1) is 6.54 Å². The maximum absolute atomic E-state index is 14.6. The van der Waals surface area contributed by atoms with Gasteiger partial charge >= 0.3 is 6.18 Å². The molecule has 1 aliphatic heterocycles. The van der Waals surface area contributed by atoms with Gasteiger partial charge in [0, 0.05) is 18.8 Å². The highest BCUT2D eigenvalue weighted by molar-refractivity contribution is 5.97. The Balaban J connectivity index is 2.19. The van der Waals surface area contributed by atoms with Crippen LogP contribution in [-0.2, 0) is 14.3 Å². The van der Waals surface area contributed by atoms with E-state index >= 15 is 0 Å². The highest BCUT2D eigenvalue weighted by Crippen LogP contribution is 2.26. The fourth-order valence-corrected chi connectivity index (χ4v) is 3.28. The zero-order valence-corrected chi connectivity index (χ0v) is 17.7. The Labute approximate surface area is 178 Å². The number of rotatable bonds is 7. The van der Waals surface area contributed by atoms with Crippen LogP contribution in [0.2, 0.25) is 0 Å². The molecule has 1 aromatic carbocycles. The molecule has 174 valence electrons. The van der Waals surface area contributed by atoms with Gasteiger partial charge in [-0.1, -0.05) is 20.8 Å². The summed E-state index contributed by atoms with van der Waals surface area (Å²) in [7, 11) is 0. The normalized spacial score (nSPS) is 16.5. The summed E-state index contributed by atoms with van der Waals surface area (Å²) in [4.78, 5) is 26.8. The molecule has 0 spiro atoms. The van der Waals surface area contributed by atoms with Gasteiger partial charge < -0.3 is 20.7 Å². The molecule has 0 aromatic heterocycles. The zero-order chi connectivity index (χ0) is 23.4. The van der Waals surface area contributed by atoms with Gasteiger partial charge in [0.1, 0.15) is 12.4 Å². The van der Waals surface area contributed by atoms with Gasteiger partial charge in [-0.2, -0.15) is 13.2 Å². The molecular formula is C20H27F4N4O3-. The lowest BCUT2D eigenvalue weighted by Gasteiger charge is -2.37. The van der Waals surface area contributed by atoms with Crippen LogP contribution in [0.15, 0.2) is 18.2 Å². The first-order valence-electron chi connectivity index (χ1n) is 9.74. The summed E-state index contributed by atoms with van der Waals surface area (Å²) in [6.07, 6.45) is -4.56. The average molecular weight is 447 g/mol. The van der Waals surface area contributed by atoms with Crippen LogP contribution in [0.4, 0.5) is 28.9 Å². The molecule has 1 atom stereocenters. The number of ether oxygens (including phenoxy) is 1. The van der Waals surface area contributed by atoms with E-state index in [-0.39, 0.29) is 37.0 Å². The lowest BCUT2D eigenvalue weighted by atomic mass is 9.95. The molecule has 0 bridgehead atoms. The van der Waals surface area contributed by atoms with E-state index < -0.39 is 42.4 Å². The Morgan fingerprint density at radius 2 is 1.97 bits per heavy atom. The van der Waals surface area contributed by atoms with Gasteiger partial charge in [-0.25, -0.2) is 4.39 Å². The minimum Gasteiger partial charge on any atom is -0.676 e. The number of hydrogen-bond acceptors (Lipinski definition) is 4. The molecule has 7 nitrogen and oxygen atoms in total. The number of morpholine rings is 1. The van der Waals surface area contributed by atoms with Crippen LogP contribution in [0, 0.1) is 11.2 Å². The second kappa shape index (κ2) is 9.92. The zero-order valence-electron chi connectivity index (χ0n) is 17.7. The SMILES string of the molecule is CC(C)(C)CN(CC(F)(F)F)[C@H](C[NH-])C(=O)Nc1ccc(N2CCOCC2=O)cc1F. The van der Waals surface area contributed by atoms with E-state index in [1.807, 2.05) is 0 Å². The van der Waals surface area contributed by atoms with Crippen LogP contribution in [0.5, 0.6) is 0 Å². The first kappa shape index (κ1) is 25.0. The van der Waals surface area contributed by atoms with Gasteiger partial charge in [-0.3, -0.25) is 14.5 Å². The van der Waals surface area contributed by atoms with E-state index in [0.717, 1.165) is 11.0 Å². The maximum Gasteiger partial charge on any atom is 0.401 e. The number of hydrogen-bond donors (Lipinski definition) is 1. The number of anilines is 2. The Hall–Kier alpha value is -2.24. The summed E-state index contributed by atoms with van der Waals surface area (Å²) in [5.41, 5.74) is 7.11. The number of halogens is 4. The van der Waals surface area contributed by atoms with Gasteiger partial charge in [-0.05, 0) is 23.6 Å². The standard InChI is InChI=1S/C20H27F4N4O3/c1-19(2,3)11-27(12-20(22,23)24)16(9-25)18(30)26-15-5-4-13(8-14(15)21)28-6-7-31-10-17(28)29/h4-5,8,16,25H,6-7,9-12H2,1-3H3,(H,26,30)/q-1/t16-/m1/s1. The van der Waals surface area contributed by atoms with Crippen molar-refractivity contribution in [3.8, 4) is 0 Å². The van der Waals surface area contributed by atoms with Crippen molar-refractivity contribution < 1.29 is 31.9 Å². The number of carbonyl (C=O) groups excluding carboxylic acids is 2. The minimum atomic E-state index is -4.56. The fraction of sp³-hybridized carbons (Fsp3) is 0.600. The molecule has 2 rings (SSSR count). The Kier molecular flexibility index (Phi) is 8.01. The quantitative estimate of drug-likeness (QED) is 0.649. The van der Waals surface area contributed by atoms with Gasteiger partial charge in [0.15, 0.2) is 0 Å². The molecule has 1 heterocycles. The van der Waals surface area contributed by atoms with E-state index in [9.17, 15) is 27.2 Å². The van der Waals surface area contributed by atoms with E-state index in [0.29, 0.717) is 6.61 Å². The Morgan fingerprint density at radius 3 is 2.48 bits per heavy atom. The van der Waals surface area contributed by atoms with Crippen molar-refractivity contribution >= 4 is 23.2 Å². The van der Waals surface area contributed by atoms with E-state index in [1.54, 1.807) is 20.8 Å². The van der Waals surface area contributed by atoms with Gasteiger partial charge in [0.25, 0.3) is 5.91 Å². The number of amides is 2. The van der Waals surface area contributed by atoms with Crippen molar-refractivity contribution in [2.45, 2.75) is 33.0 Å². The molecule has 1 fully saturated rings. The van der Waals surface area contributed by atoms with E-state index in [2.05, 4.69) is 5.32 Å². The summed E-state index contributed by atoms with van der Waals surface area (Å²) >= 11 is 0. The van der Waals surface area contributed by atoms with E-state index in [1.165, 1.54) is 17.0 Å². The average Bonchev–Trinajstić information content (AvgIpc) is 2.61. The summed E-state index contributed by atoms with van der Waals surface area (Å²) < 4.78 is 58.8. The maximum atomic E-state index is 14.6. The highest BCUT2D eigenvalue weighted by atomic mass is 19.4. The van der Waals surface area contributed by atoms with Gasteiger partial charge in [0.05, 0.1) is 24.9 Å². The topological polar surface area (TPSA) is 85.7 Å². The number of nitrogens with zero attached hydrogens (tertiary/aromatic N) is 2. The van der Waals surface area contributed by atoms with Gasteiger partial charge in [0.2, 0.25) is 5.91 Å². The molecule has 0 radical (unpaired) electrons. The third-order valence-electron chi connectivity index (χ3n) is 4.50. The monoisotopic (exact) mass is 447 g/mol. The second-order valence-electron chi connectivity index (χ2n) is 8.55. The van der Waals surface area contributed by atoms with Crippen molar-refractivity contribution in [1.82, 2.24) is 4.90 Å². The largest absolute Gasteiger partial charge is 0.676 e. The molecule has 1 aliphatic rings. The molecule has 2 amide bonds. The number of benzene rings is 1. The predicted molar refractivity (Wildman–Crippen MR) is 108 cm³/mol. The molecule has 2 N–H and O–H groups in total. The van der Waals surface area contributed by atoms with E-state index in [4.69, 9.17) is 10.5 Å². The third-order valence-corrected chi connectivity index (χ3v) is 4.50. The van der Waals surface area contributed by atoms with Crippen molar-refractivity contribution in [3.63, 3.8) is 0 Å². The molecule has 0 saturated carbocycles. The second-order valence-corrected chi connectivity index (χ2v) is 8.55. The highest BCUT2D eigenvalue weighted by Gasteiger charge is 2.37. The molecule has 11 heteroatoms. The number of carbonyl (C=O) groups is 2. The first-order chi connectivity index (χ1) is 14.3. The predicted octanol–water partition coefficient (Wildman–Crippen LogP) is 3.46. The smallest absolute Gasteiger partial charge is 0.401 e. The van der Waals surface area contributed by atoms with Crippen molar-refractivity contribution in [2.24, 2.45) is 5.41 Å². The molecule has 31 heavy (non-hydrogen) atoms. The summed E-state index contributed by atoms with van der Waals surface area (Å²) in [5.74, 6) is -2.08. The lowest BCUT2D eigenvalue weighted by Crippen LogP contribution is -2.52. The Bertz CT molecular complexity index is 780. The fourth-order valence-electron chi connectivity index (χ4n) is 3.28. The Morgan fingerprint density at radius 1 is 1.29 bits per heavy atom. The van der Waals surface area contributed by atoms with Crippen LogP contribution in [0.1, 0.15) is 20.8 Å². The van der Waals surface area contributed by atoms with Crippen molar-refractivity contribution in [2.75, 3.05) is 49.6 Å². The first-order valence-corrected chi connectivity index (χ1v) is 9.74. The molecule has 1 saturated heterocycles. The lowest BCUT2D eigenvalue weighted by molar-refractivity contribution is -0.155. The van der Waals surface area contributed by atoms with Crippen LogP contribution in [0.25, 0.3) is 5.73 Å². The van der Waals surface area contributed by atoms with Crippen molar-refractivity contribution in [3.05, 3.63) is 29.7 Å². The minimum absolute atomic E-state index is 0.0793. The summed E-state index contributed by atoms with van der Waals surface area (Å²) in [5, 5.41) is 2.28. The van der Waals surface area contributed by atoms with Crippen LogP contribution >= 0.6 is 0 Å². The molecular weight excluding hydrogens is 420 g/mol. The van der Waals surface area contributed by atoms with Crippen LogP contribution in [0.3, 0.4) is 0 Å². The third kappa shape index (κ3) is 7.44. The number of nitrogens with one attached hydrogen (secondary N) is 2. The summed E-state index contributed by atoms with van der Waals surface area (Å²) in [6, 6.07) is 2.32.